The maximum Gasteiger partial charge on any atom is 0.335 e. The first-order chi connectivity index (χ1) is 68.5. The van der Waals surface area contributed by atoms with E-state index in [9.17, 15) is 89.1 Å². The largest absolute Gasteiger partial charge is 0.493 e. The number of rotatable bonds is 79. The van der Waals surface area contributed by atoms with Gasteiger partial charge in [0.05, 0.1) is 95.8 Å². The van der Waals surface area contributed by atoms with E-state index >= 15 is 0 Å². The molecule has 141 heavy (non-hydrogen) atoms. The smallest absolute Gasteiger partial charge is 0.335 e. The van der Waals surface area contributed by atoms with Crippen LogP contribution in [-0.2, 0) is 28.8 Å². The van der Waals surface area contributed by atoms with E-state index in [1.54, 1.807) is 0 Å². The number of ether oxygens (including phenoxy) is 6. The Morgan fingerprint density at radius 2 is 0.376 bits per heavy atom. The highest BCUT2D eigenvalue weighted by atomic mass is 16.5. The fourth-order valence-corrected chi connectivity index (χ4v) is 18.2. The highest BCUT2D eigenvalue weighted by Crippen LogP contribution is 2.50. The number of hydrogen-bond donors (Lipinski definition) is 11. The van der Waals surface area contributed by atoms with Gasteiger partial charge in [0.1, 0.15) is 34.5 Å². The first-order valence-electron chi connectivity index (χ1n) is 52.1. The number of aromatic carboxylic acids is 3. The summed E-state index contributed by atoms with van der Waals surface area (Å²) < 4.78 is 42.2. The summed E-state index contributed by atoms with van der Waals surface area (Å²) in [4.78, 5) is 128. The first-order valence-corrected chi connectivity index (χ1v) is 52.1. The van der Waals surface area contributed by atoms with Gasteiger partial charge in [-0.25, -0.2) is 24.4 Å². The molecule has 0 amide bonds. The van der Waals surface area contributed by atoms with Crippen LogP contribution in [0.15, 0.2) is 91.0 Å². The number of carboxylic acids is 9. The Hall–Kier alpha value is -12.5. The van der Waals surface area contributed by atoms with Crippen molar-refractivity contribution in [3.8, 4) is 79.0 Å². The molecule has 9 rings (SSSR count). The first kappa shape index (κ1) is 112. The SMILES string of the molecule is O=C(O)CCCCCCCCCCOc1cc(C(=O)O)cc(OCCCCCCCCCCC(=O)O)c1-c1c2nc(c(-c3c(OCCCCCCCCCCC(=O)O)cc(C(=O)O)cc3OCCCCCCCCCCC(=O)O)c3ccc([nH]3)c(-c3c(OCCCCCCCCCCC(=O)O)cc(C(=O)O)cc3OCCCCCCCCCCC(=O)O)c3nc(c(-c4ccccc4)c4ccc1[nH]4)C=C3)C=C2. The third kappa shape index (κ3) is 40.2. The molecule has 2 aliphatic heterocycles. The number of carboxylic acid groups (broad SMARTS) is 9. The molecule has 28 heteroatoms. The number of unbranched alkanes of at least 4 members (excludes halogenated alkanes) is 42. The Bertz CT molecular complexity index is 5070. The minimum Gasteiger partial charge on any atom is -0.493 e. The second kappa shape index (κ2) is 64.0. The zero-order chi connectivity index (χ0) is 101. The molecule has 0 aliphatic carbocycles. The van der Waals surface area contributed by atoms with Gasteiger partial charge in [-0.2, -0.15) is 0 Å². The van der Waals surface area contributed by atoms with Crippen LogP contribution >= 0.6 is 0 Å². The maximum absolute atomic E-state index is 13.8. The van der Waals surface area contributed by atoms with Crippen molar-refractivity contribution in [1.29, 1.82) is 0 Å². The topological polar surface area (TPSA) is 448 Å². The molecule has 0 radical (unpaired) electrons. The molecular formula is C113H150N4O24. The molecule has 5 heterocycles. The molecule has 766 valence electrons. The van der Waals surface area contributed by atoms with Crippen LogP contribution in [0.3, 0.4) is 0 Å². The van der Waals surface area contributed by atoms with E-state index < -0.39 is 53.7 Å². The van der Waals surface area contributed by atoms with Crippen LogP contribution in [0.2, 0.25) is 0 Å². The Morgan fingerprint density at radius 1 is 0.206 bits per heavy atom. The summed E-state index contributed by atoms with van der Waals surface area (Å²) >= 11 is 0. The summed E-state index contributed by atoms with van der Waals surface area (Å²) in [7, 11) is 0. The molecule has 0 spiro atoms. The number of nitrogens with one attached hydrogen (secondary N) is 2. The van der Waals surface area contributed by atoms with Gasteiger partial charge in [0, 0.05) is 82.8 Å². The predicted molar refractivity (Wildman–Crippen MR) is 550 cm³/mol. The third-order valence-corrected chi connectivity index (χ3v) is 25.8. The van der Waals surface area contributed by atoms with E-state index in [1.165, 1.54) is 36.4 Å². The van der Waals surface area contributed by atoms with Gasteiger partial charge in [-0.05, 0) is 168 Å². The van der Waals surface area contributed by atoms with Gasteiger partial charge >= 0.3 is 53.7 Å². The molecule has 0 saturated heterocycles. The van der Waals surface area contributed by atoms with Crippen molar-refractivity contribution < 1.29 is 118 Å². The quantitative estimate of drug-likeness (QED) is 0.0158. The van der Waals surface area contributed by atoms with Gasteiger partial charge in [-0.1, -0.05) is 261 Å². The molecule has 0 atom stereocenters. The fraction of sp³-hybridized carbons (Fsp3) is 0.531. The number of carbonyl (C=O) groups is 9. The Balaban J connectivity index is 1.32. The van der Waals surface area contributed by atoms with Gasteiger partial charge in [0.25, 0.3) is 0 Å². The number of fused-ring (bicyclic) bond motifs is 8. The average Bonchev–Trinajstić information content (AvgIpc) is 1.60. The fourth-order valence-electron chi connectivity index (χ4n) is 18.2. The van der Waals surface area contributed by atoms with Crippen LogP contribution < -0.4 is 28.4 Å². The molecular weight excluding hydrogens is 1800 g/mol. The van der Waals surface area contributed by atoms with Crippen molar-refractivity contribution in [1.82, 2.24) is 19.9 Å². The third-order valence-electron chi connectivity index (χ3n) is 25.8. The van der Waals surface area contributed by atoms with Crippen LogP contribution in [0.1, 0.15) is 401 Å². The lowest BCUT2D eigenvalue weighted by atomic mass is 9.98. The maximum atomic E-state index is 13.8. The number of aromatic nitrogens is 4. The van der Waals surface area contributed by atoms with Crippen LogP contribution in [0.5, 0.6) is 34.5 Å². The van der Waals surface area contributed by atoms with Crippen molar-refractivity contribution in [3.63, 3.8) is 0 Å². The zero-order valence-electron chi connectivity index (χ0n) is 82.4. The second-order valence-electron chi connectivity index (χ2n) is 37.3. The predicted octanol–water partition coefficient (Wildman–Crippen LogP) is 28.3. The van der Waals surface area contributed by atoms with Crippen molar-refractivity contribution >= 4 is 100 Å². The lowest BCUT2D eigenvalue weighted by Crippen LogP contribution is -2.07. The van der Waals surface area contributed by atoms with E-state index in [0.717, 1.165) is 237 Å². The summed E-state index contributed by atoms with van der Waals surface area (Å²) in [6.45, 7) is 0.974. The second-order valence-corrected chi connectivity index (χ2v) is 37.3. The van der Waals surface area contributed by atoms with E-state index in [4.69, 9.17) is 38.4 Å². The van der Waals surface area contributed by atoms with Crippen LogP contribution in [0.25, 0.3) is 90.9 Å². The molecule has 0 unspecified atom stereocenters. The van der Waals surface area contributed by atoms with Crippen molar-refractivity contribution in [2.75, 3.05) is 39.6 Å². The number of nitrogens with zero attached hydrogens (tertiary/aromatic N) is 2. The van der Waals surface area contributed by atoms with Crippen molar-refractivity contribution in [2.45, 2.75) is 347 Å². The Labute approximate surface area is 828 Å². The van der Waals surface area contributed by atoms with Crippen molar-refractivity contribution in [3.05, 3.63) is 130 Å². The van der Waals surface area contributed by atoms with Gasteiger partial charge < -0.3 is 84.3 Å². The lowest BCUT2D eigenvalue weighted by Gasteiger charge is -2.19. The monoisotopic (exact) mass is 1950 g/mol. The Kier molecular flexibility index (Phi) is 50.9. The molecule has 11 N–H and O–H groups in total. The standard InChI is InChI=1S/C113H150N4O24/c118-98(119)54-40-25-13-1-7-19-31-46-68-136-92-74-81(111(130)131)75-93(137-69-47-32-20-8-2-14-26-41-55-99(120)121)108(92)105-86-62-60-84(114-86)104(80-52-38-37-39-53-80)85-61-63-87(115-85)106(109-94(138-70-48-33-21-9-3-15-27-42-56-100(122)123)76-82(112(132)133)77-95(109)139-71-49-34-22-10-4-16-28-43-57-101(124)125)89-65-67-91(117-89)107(90-66-64-88(105)116-90)110-96(140-72-50-35-23-11-5-17-29-44-58-102(126)127)78-83(113(134)135)79-97(110)141-73-51-36-24-12-6-18-30-45-59-103(128)129/h37-39,52-53,60-67,74-79,114,117H,1-36,40-51,54-59,68-73H2,(H,118,119)(H,120,121)(H,122,123)(H,124,125)(H,126,127)(H,128,129)(H,130,131)(H,132,133)(H,134,135). The molecule has 8 bridgehead atoms. The molecule has 3 aromatic heterocycles. The summed E-state index contributed by atoms with van der Waals surface area (Å²) in [6, 6.07) is 26.6. The molecule has 0 fully saturated rings. The van der Waals surface area contributed by atoms with Crippen LogP contribution in [0.4, 0.5) is 0 Å². The number of aliphatic carboxylic acids is 6. The molecule has 4 aromatic carbocycles. The summed E-state index contributed by atoms with van der Waals surface area (Å²) in [5.41, 5.74) is 7.14. The molecule has 0 saturated carbocycles. The lowest BCUT2D eigenvalue weighted by molar-refractivity contribution is -0.138. The molecule has 28 nitrogen and oxygen atoms in total. The Morgan fingerprint density at radius 3 is 0.560 bits per heavy atom. The van der Waals surface area contributed by atoms with Gasteiger partial charge in [0.2, 0.25) is 0 Å². The van der Waals surface area contributed by atoms with Gasteiger partial charge in [-0.15, -0.1) is 0 Å². The van der Waals surface area contributed by atoms with E-state index in [1.807, 2.05) is 78.9 Å². The van der Waals surface area contributed by atoms with E-state index in [0.29, 0.717) is 161 Å². The normalized spacial score (nSPS) is 11.6. The average molecular weight is 1950 g/mol. The minimum atomic E-state index is -1.25. The molecule has 2 aliphatic rings. The van der Waals surface area contributed by atoms with Gasteiger partial charge in [-0.3, -0.25) is 28.8 Å². The minimum absolute atomic E-state index is 0.0919. The number of hydrogen-bond acceptors (Lipinski definition) is 17. The highest BCUT2D eigenvalue weighted by molar-refractivity contribution is 6.05. The number of aromatic amines is 2. The zero-order valence-corrected chi connectivity index (χ0v) is 82.4. The van der Waals surface area contributed by atoms with Crippen molar-refractivity contribution in [2.24, 2.45) is 0 Å². The van der Waals surface area contributed by atoms with E-state index in [2.05, 4.69) is 9.97 Å². The number of benzene rings is 4. The summed E-state index contributed by atoms with van der Waals surface area (Å²) in [5, 5.41) is 89.2. The van der Waals surface area contributed by atoms with Gasteiger partial charge in [0.15, 0.2) is 0 Å². The number of H-pyrrole nitrogens is 2. The van der Waals surface area contributed by atoms with Crippen LogP contribution in [-0.4, -0.2) is 159 Å². The summed E-state index contributed by atoms with van der Waals surface area (Å²) in [5.74, 6) is -7.44. The summed E-state index contributed by atoms with van der Waals surface area (Å²) in [6.07, 6.45) is 46.8. The van der Waals surface area contributed by atoms with E-state index in [-0.39, 0.29) is 129 Å². The van der Waals surface area contributed by atoms with Crippen LogP contribution in [0, 0.1) is 0 Å². The molecule has 7 aromatic rings. The highest BCUT2D eigenvalue weighted by Gasteiger charge is 2.31.